The lowest BCUT2D eigenvalue weighted by Crippen LogP contribution is -2.27. The fourth-order valence-electron chi connectivity index (χ4n) is 26.8. The van der Waals surface area contributed by atoms with E-state index in [1.807, 2.05) is 0 Å². The van der Waals surface area contributed by atoms with Gasteiger partial charge >= 0.3 is 0 Å². The van der Waals surface area contributed by atoms with E-state index in [2.05, 4.69) is 309 Å². The first-order valence-electron chi connectivity index (χ1n) is 57.6. The Morgan fingerprint density at radius 2 is 0.396 bits per heavy atom. The summed E-state index contributed by atoms with van der Waals surface area (Å²) in [4.78, 5) is 2.63. The summed E-state index contributed by atoms with van der Waals surface area (Å²) in [7, 11) is 0. The monoisotopic (exact) mass is 1850 g/mol. The number of anilines is 3. The molecule has 0 saturated heterocycles. The average Bonchev–Trinajstić information content (AvgIpc) is 1.53. The van der Waals surface area contributed by atoms with Crippen molar-refractivity contribution in [2.24, 2.45) is 0 Å². The second-order valence-electron chi connectivity index (χ2n) is 43.7. The summed E-state index contributed by atoms with van der Waals surface area (Å²) in [6.07, 6.45) is 68.0. The molecule has 1 atom stereocenters. The normalized spacial score (nSPS) is 14.9. The molecule has 0 saturated carbocycles. The molecule has 0 aromatic heterocycles. The van der Waals surface area contributed by atoms with Gasteiger partial charge in [-0.1, -0.05) is 520 Å². The minimum atomic E-state index is -0.142. The number of rotatable bonds is 59. The fourth-order valence-corrected chi connectivity index (χ4v) is 26.8. The molecule has 0 N–H and O–H groups in total. The van der Waals surface area contributed by atoms with Crippen molar-refractivity contribution in [2.45, 2.75) is 417 Å². The second kappa shape index (κ2) is 49.3. The summed E-state index contributed by atoms with van der Waals surface area (Å²) in [5.41, 5.74) is 40.0. The molecule has 1 unspecified atom stereocenters. The molecule has 2 nitrogen and oxygen atoms in total. The van der Waals surface area contributed by atoms with Gasteiger partial charge in [-0.2, -0.15) is 0 Å². The maximum Gasteiger partial charge on any atom is 0.152 e. The van der Waals surface area contributed by atoms with Crippen molar-refractivity contribution in [3.63, 3.8) is 0 Å². The van der Waals surface area contributed by atoms with Crippen molar-refractivity contribution < 1.29 is 4.74 Å². The highest BCUT2D eigenvalue weighted by atomic mass is 16.5. The molecule has 0 fully saturated rings. The summed E-state index contributed by atoms with van der Waals surface area (Å²) in [5.74, 6) is 1.75. The van der Waals surface area contributed by atoms with Crippen LogP contribution in [0.2, 0.25) is 0 Å². The molecule has 1 aliphatic heterocycles. The highest BCUT2D eigenvalue weighted by Crippen LogP contribution is 2.66. The zero-order chi connectivity index (χ0) is 95.7. The van der Waals surface area contributed by atoms with E-state index in [1.165, 1.54) is 429 Å². The number of fused-ring (bicyclic) bond motifs is 14. The predicted octanol–water partition coefficient (Wildman–Crippen LogP) is 43.5. The van der Waals surface area contributed by atoms with Crippen molar-refractivity contribution in [1.29, 1.82) is 0 Å². The molecule has 4 aliphatic carbocycles. The Morgan fingerprint density at radius 3 is 0.691 bits per heavy atom. The highest BCUT2D eigenvalue weighted by molar-refractivity contribution is 6.04. The van der Waals surface area contributed by atoms with E-state index in [9.17, 15) is 0 Å². The van der Waals surface area contributed by atoms with Gasteiger partial charge in [0.15, 0.2) is 11.5 Å². The molecule has 12 aromatic rings. The van der Waals surface area contributed by atoms with Crippen LogP contribution in [-0.2, 0) is 21.7 Å². The molecule has 1 heterocycles. The van der Waals surface area contributed by atoms with Gasteiger partial charge in [0, 0.05) is 32.8 Å². The molecule has 730 valence electrons. The minimum absolute atomic E-state index is 0.00436. The Bertz CT molecular complexity index is 5760. The summed E-state index contributed by atoms with van der Waals surface area (Å²) in [6, 6.07) is 100. The summed E-state index contributed by atoms with van der Waals surface area (Å²) >= 11 is 0. The maximum absolute atomic E-state index is 8.02. The molecule has 0 amide bonds. The van der Waals surface area contributed by atoms with E-state index in [0.29, 0.717) is 0 Å². The third kappa shape index (κ3) is 21.9. The van der Waals surface area contributed by atoms with Gasteiger partial charge in [0.25, 0.3) is 0 Å². The van der Waals surface area contributed by atoms with Crippen LogP contribution in [0.4, 0.5) is 17.1 Å². The van der Waals surface area contributed by atoms with E-state index < -0.39 is 0 Å². The van der Waals surface area contributed by atoms with Crippen LogP contribution in [0.5, 0.6) is 11.5 Å². The van der Waals surface area contributed by atoms with Gasteiger partial charge in [-0.15, -0.1) is 0 Å². The highest BCUT2D eigenvalue weighted by Gasteiger charge is 2.51. The number of ether oxygens (including phenoxy) is 1. The van der Waals surface area contributed by atoms with Crippen molar-refractivity contribution >= 4 is 17.1 Å². The number of hydrogen-bond acceptors (Lipinski definition) is 2. The maximum atomic E-state index is 8.02. The van der Waals surface area contributed by atoms with Crippen molar-refractivity contribution in [1.82, 2.24) is 0 Å². The SMILES string of the molecule is CCCCCCCCC1(CCCCCCC)c2ccccc2-c2cc3c(cc21)-c1ccc(-c2ccc4c(c2)Oc2cc(-c5ccc6c(c5)C(CCCCCCCC)(CCCCCCCC)c5cc7c(cc5-6)C(CCCCCCC)(CCCCCCC)c5ccccc5-7)ccc2N4c2c(-c4ccccc4)cc(-c4ccccc4)cc2-c2ccccc2)cc1C3(CCCCCCCC)CCCCCCCC. The molecule has 0 bridgehead atoms. The van der Waals surface area contributed by atoms with E-state index in [4.69, 9.17) is 4.74 Å². The molecule has 0 radical (unpaired) electrons. The van der Waals surface area contributed by atoms with Crippen molar-refractivity contribution in [2.75, 3.05) is 4.90 Å². The number of hydrogen-bond donors (Lipinski definition) is 0. The van der Waals surface area contributed by atoms with E-state index >= 15 is 0 Å². The minimum Gasteiger partial charge on any atom is -0.453 e. The predicted molar refractivity (Wildman–Crippen MR) is 603 cm³/mol. The summed E-state index contributed by atoms with van der Waals surface area (Å²) in [6.45, 7) is 19.0. The van der Waals surface area contributed by atoms with Crippen LogP contribution in [0.15, 0.2) is 249 Å². The molecular formula is C137H171NO. The van der Waals surface area contributed by atoms with Gasteiger partial charge in [0.2, 0.25) is 0 Å². The fraction of sp³-hybridized carbons (Fsp3) is 0.474. The van der Waals surface area contributed by atoms with E-state index in [1.54, 1.807) is 55.6 Å². The Kier molecular flexibility index (Phi) is 35.7. The van der Waals surface area contributed by atoms with Crippen molar-refractivity contribution in [3.05, 3.63) is 293 Å². The van der Waals surface area contributed by atoms with Gasteiger partial charge in [0.1, 0.15) is 0 Å². The molecular weight excluding hydrogens is 1680 g/mol. The van der Waals surface area contributed by atoms with E-state index in [0.717, 1.165) is 28.6 Å². The smallest absolute Gasteiger partial charge is 0.152 e. The third-order valence-electron chi connectivity index (χ3n) is 34.3. The first-order valence-corrected chi connectivity index (χ1v) is 57.6. The zero-order valence-corrected chi connectivity index (χ0v) is 87.5. The second-order valence-corrected chi connectivity index (χ2v) is 43.7. The van der Waals surface area contributed by atoms with Gasteiger partial charge in [0.05, 0.1) is 17.1 Å². The quantitative estimate of drug-likeness (QED) is 0.0352. The first-order chi connectivity index (χ1) is 68.6. The topological polar surface area (TPSA) is 12.5 Å². The molecule has 5 aliphatic rings. The lowest BCUT2D eigenvalue weighted by atomic mass is 9.68. The van der Waals surface area contributed by atoms with Crippen LogP contribution in [0.3, 0.4) is 0 Å². The van der Waals surface area contributed by atoms with Gasteiger partial charge < -0.3 is 9.64 Å². The van der Waals surface area contributed by atoms with Crippen LogP contribution in [0.1, 0.15) is 440 Å². The first kappa shape index (κ1) is 101. The Balaban J connectivity index is 0.845. The van der Waals surface area contributed by atoms with Crippen LogP contribution in [0, 0.1) is 0 Å². The lowest BCUT2D eigenvalue weighted by Gasteiger charge is -2.36. The van der Waals surface area contributed by atoms with Crippen LogP contribution in [-0.4, -0.2) is 0 Å². The van der Waals surface area contributed by atoms with Gasteiger partial charge in [-0.25, -0.2) is 0 Å². The van der Waals surface area contributed by atoms with Gasteiger partial charge in [-0.3, -0.25) is 0 Å². The van der Waals surface area contributed by atoms with Crippen LogP contribution >= 0.6 is 0 Å². The van der Waals surface area contributed by atoms with Crippen molar-refractivity contribution in [3.8, 4) is 112 Å². The number of benzene rings is 12. The lowest BCUT2D eigenvalue weighted by molar-refractivity contribution is 0.395. The number of unbranched alkanes of at least 4 members (excludes halogenated alkanes) is 37. The zero-order valence-electron chi connectivity index (χ0n) is 87.5. The Morgan fingerprint density at radius 1 is 0.165 bits per heavy atom. The average molecular weight is 1850 g/mol. The Hall–Kier alpha value is -9.76. The number of nitrogens with zero attached hydrogens (tertiary/aromatic N) is 1. The molecule has 17 rings (SSSR count). The largest absolute Gasteiger partial charge is 0.453 e. The summed E-state index contributed by atoms with van der Waals surface area (Å²) in [5, 5.41) is 0. The van der Waals surface area contributed by atoms with Gasteiger partial charge in [-0.05, 0) is 258 Å². The standard InChI is InChI=1S/C137H171NO/c1-9-17-25-33-41-62-88-135(87-61-40-32-24-16-8)122-76-58-56-74-112(122)118-100-128-120(102-126(118)135)114-82-78-107(96-124(114)137(128,91-65-44-36-28-20-12-4)92-66-45-37-29-21-13-5)109-80-84-130-132(98-109)139-131-97-108(79-83-129(131)138(130)133-115(104-69-51-47-52-70-104)93-110(103-67-49-46-50-68-103)94-116(133)105-71-53-48-54-72-105)106-77-81-113-119-101-125-117(111-73-55-57-75-121(111)134(125,85-59-38-30-22-14-6)86-60-39-31-23-15-7)99-127(119)136(123(113)95-106,89-63-42-34-26-18-10-2)90-64-43-35-27-19-11-3/h46-58,67-84,93-102H,9-45,59-66,85-92H2,1-8H3. The van der Waals surface area contributed by atoms with Crippen LogP contribution in [0.25, 0.3) is 100 Å². The molecule has 0 spiro atoms. The third-order valence-corrected chi connectivity index (χ3v) is 34.3. The Labute approximate surface area is 843 Å². The van der Waals surface area contributed by atoms with E-state index in [-0.39, 0.29) is 21.7 Å². The summed E-state index contributed by atoms with van der Waals surface area (Å²) < 4.78 is 8.02. The molecule has 139 heavy (non-hydrogen) atoms. The molecule has 12 aromatic carbocycles. The van der Waals surface area contributed by atoms with Crippen LogP contribution < -0.4 is 9.64 Å². The molecule has 2 heteroatoms.